The normalized spacial score (nSPS) is 11.3. The zero-order valence-corrected chi connectivity index (χ0v) is 16.9. The third kappa shape index (κ3) is 7.06. The van der Waals surface area contributed by atoms with E-state index in [1.807, 2.05) is 0 Å². The largest absolute Gasteiger partial charge is 0.367 e. The van der Waals surface area contributed by atoms with Crippen LogP contribution in [-0.4, -0.2) is 5.91 Å². The molecule has 0 aromatic heterocycles. The van der Waals surface area contributed by atoms with Crippen molar-refractivity contribution in [1.82, 2.24) is 0 Å². The lowest BCUT2D eigenvalue weighted by molar-refractivity contribution is -0.125. The van der Waals surface area contributed by atoms with Crippen molar-refractivity contribution in [3.63, 3.8) is 0 Å². The lowest BCUT2D eigenvalue weighted by Gasteiger charge is -2.28. The molecule has 0 spiro atoms. The molecule has 0 aliphatic rings. The van der Waals surface area contributed by atoms with E-state index in [0.29, 0.717) is 6.42 Å². The number of amides is 1. The van der Waals surface area contributed by atoms with Gasteiger partial charge in [-0.1, -0.05) is 64.0 Å². The summed E-state index contributed by atoms with van der Waals surface area (Å²) >= 11 is 0. The predicted octanol–water partition coefficient (Wildman–Crippen LogP) is 4.80. The summed E-state index contributed by atoms with van der Waals surface area (Å²) in [6.45, 7) is 2.21. The van der Waals surface area contributed by atoms with E-state index in [0.717, 1.165) is 25.7 Å². The average molecular weight is 382 g/mol. The van der Waals surface area contributed by atoms with Crippen LogP contribution in [0.4, 0.5) is 0 Å². The van der Waals surface area contributed by atoms with Gasteiger partial charge in [0, 0.05) is 0 Å². The van der Waals surface area contributed by atoms with Crippen molar-refractivity contribution in [3.05, 3.63) is 12.2 Å². The van der Waals surface area contributed by atoms with E-state index >= 15 is 0 Å². The molecule has 0 rings (SSSR count). The van der Waals surface area contributed by atoms with Gasteiger partial charge in [0.15, 0.2) is 5.41 Å². The zero-order valence-electron chi connectivity index (χ0n) is 16.9. The van der Waals surface area contributed by atoms with Gasteiger partial charge in [0.05, 0.1) is 24.3 Å². The number of nitrogens with zero attached hydrogens (tertiary/aromatic N) is 4. The smallest absolute Gasteiger partial charge is 0.255 e. The molecular weight excluding hydrogens is 350 g/mol. The SMILES string of the molecule is CCCCCCCC/C=C\CCCCCC(C#N)(C#N)C(C#N)(C#N)C(N)=O. The van der Waals surface area contributed by atoms with Gasteiger partial charge < -0.3 is 5.73 Å². The van der Waals surface area contributed by atoms with Gasteiger partial charge in [-0.05, 0) is 32.1 Å². The van der Waals surface area contributed by atoms with E-state index in [-0.39, 0.29) is 6.42 Å². The average Bonchev–Trinajstić information content (AvgIpc) is 2.70. The lowest BCUT2D eigenvalue weighted by atomic mass is 9.63. The van der Waals surface area contributed by atoms with Crippen LogP contribution in [0, 0.1) is 56.2 Å². The standard InChI is InChI=1S/C22H31N5O/c1-2-3-4-5-6-7-8-9-10-11-12-13-14-15-21(16-23,17-24)22(18-25,19-26)20(27)28/h9-10H,2-8,11-15H2,1H3,(H2,27,28)/b10-9-. The molecule has 0 saturated carbocycles. The van der Waals surface area contributed by atoms with E-state index in [2.05, 4.69) is 19.1 Å². The van der Waals surface area contributed by atoms with Gasteiger partial charge in [0.1, 0.15) is 0 Å². The van der Waals surface area contributed by atoms with Crippen molar-refractivity contribution in [2.24, 2.45) is 16.6 Å². The molecule has 0 saturated heterocycles. The van der Waals surface area contributed by atoms with Gasteiger partial charge in [-0.15, -0.1) is 0 Å². The Morgan fingerprint density at radius 1 is 0.786 bits per heavy atom. The molecule has 150 valence electrons. The van der Waals surface area contributed by atoms with Crippen molar-refractivity contribution in [3.8, 4) is 24.3 Å². The number of nitrogens with two attached hydrogens (primary N) is 1. The van der Waals surface area contributed by atoms with Crippen LogP contribution in [0.5, 0.6) is 0 Å². The van der Waals surface area contributed by atoms with Crippen LogP contribution in [0.25, 0.3) is 0 Å². The number of allylic oxidation sites excluding steroid dienone is 2. The first-order chi connectivity index (χ1) is 13.5. The Bertz CT molecular complexity index is 641. The minimum Gasteiger partial charge on any atom is -0.367 e. The summed E-state index contributed by atoms with van der Waals surface area (Å²) in [5, 5.41) is 37.4. The molecule has 0 aromatic carbocycles. The van der Waals surface area contributed by atoms with Crippen molar-refractivity contribution in [2.75, 3.05) is 0 Å². The Balaban J connectivity index is 4.30. The molecule has 0 atom stereocenters. The first kappa shape index (κ1) is 25.2. The molecule has 1 amide bonds. The molecule has 0 aliphatic carbocycles. The Morgan fingerprint density at radius 2 is 1.25 bits per heavy atom. The molecule has 6 nitrogen and oxygen atoms in total. The third-order valence-electron chi connectivity index (χ3n) is 5.04. The van der Waals surface area contributed by atoms with Crippen molar-refractivity contribution < 1.29 is 4.79 Å². The Morgan fingerprint density at radius 3 is 1.68 bits per heavy atom. The molecule has 0 aromatic rings. The monoisotopic (exact) mass is 381 g/mol. The van der Waals surface area contributed by atoms with Crippen LogP contribution in [0.3, 0.4) is 0 Å². The number of carbonyl (C=O) groups is 1. The number of rotatable bonds is 15. The minimum atomic E-state index is -2.45. The fourth-order valence-electron chi connectivity index (χ4n) is 3.14. The lowest BCUT2D eigenvalue weighted by Crippen LogP contribution is -2.48. The Hall–Kier alpha value is -2.83. The molecule has 0 bridgehead atoms. The van der Waals surface area contributed by atoms with Crippen LogP contribution in [0.1, 0.15) is 84.0 Å². The summed E-state index contributed by atoms with van der Waals surface area (Å²) in [4.78, 5) is 11.6. The van der Waals surface area contributed by atoms with Gasteiger partial charge in [-0.3, -0.25) is 4.79 Å². The molecule has 6 heteroatoms. The molecule has 0 aliphatic heterocycles. The summed E-state index contributed by atoms with van der Waals surface area (Å²) in [6.07, 6.45) is 16.1. The van der Waals surface area contributed by atoms with E-state index in [9.17, 15) is 25.8 Å². The number of carbonyl (C=O) groups excluding carboxylic acids is 1. The summed E-state index contributed by atoms with van der Waals surface area (Å²) in [5.74, 6) is -1.25. The second kappa shape index (κ2) is 14.3. The van der Waals surface area contributed by atoms with Crippen molar-refractivity contribution >= 4 is 5.91 Å². The second-order valence-electron chi connectivity index (χ2n) is 7.09. The molecule has 2 N–H and O–H groups in total. The molecule has 0 heterocycles. The number of hydrogen-bond acceptors (Lipinski definition) is 5. The molecule has 28 heavy (non-hydrogen) atoms. The molecule has 0 unspecified atom stereocenters. The first-order valence-electron chi connectivity index (χ1n) is 10.1. The molecule has 0 fully saturated rings. The number of hydrogen-bond donors (Lipinski definition) is 1. The van der Waals surface area contributed by atoms with Gasteiger partial charge in [-0.2, -0.15) is 21.0 Å². The Labute approximate surface area is 169 Å². The van der Waals surface area contributed by atoms with Gasteiger partial charge >= 0.3 is 0 Å². The summed E-state index contributed by atoms with van der Waals surface area (Å²) in [7, 11) is 0. The number of primary amides is 1. The summed E-state index contributed by atoms with van der Waals surface area (Å²) < 4.78 is 0. The van der Waals surface area contributed by atoms with Crippen molar-refractivity contribution in [2.45, 2.75) is 84.0 Å². The summed E-state index contributed by atoms with van der Waals surface area (Å²) in [6, 6.07) is 6.45. The minimum absolute atomic E-state index is 0.0362. The van der Waals surface area contributed by atoms with E-state index < -0.39 is 16.7 Å². The fourth-order valence-corrected chi connectivity index (χ4v) is 3.14. The highest BCUT2D eigenvalue weighted by atomic mass is 16.1. The molecule has 0 radical (unpaired) electrons. The zero-order chi connectivity index (χ0) is 21.3. The van der Waals surface area contributed by atoms with E-state index in [1.165, 1.54) is 50.7 Å². The number of unbranched alkanes of at least 4 members (excludes halogenated alkanes) is 9. The maximum atomic E-state index is 11.6. The second-order valence-corrected chi connectivity index (χ2v) is 7.09. The van der Waals surface area contributed by atoms with Crippen LogP contribution >= 0.6 is 0 Å². The van der Waals surface area contributed by atoms with Gasteiger partial charge in [0.25, 0.3) is 11.3 Å². The third-order valence-corrected chi connectivity index (χ3v) is 5.04. The highest BCUT2D eigenvalue weighted by molar-refractivity contribution is 5.89. The highest BCUT2D eigenvalue weighted by Crippen LogP contribution is 2.42. The van der Waals surface area contributed by atoms with Crippen LogP contribution in [0.15, 0.2) is 12.2 Å². The van der Waals surface area contributed by atoms with Gasteiger partial charge in [-0.25, -0.2) is 0 Å². The van der Waals surface area contributed by atoms with Crippen molar-refractivity contribution in [1.29, 1.82) is 21.0 Å². The first-order valence-corrected chi connectivity index (χ1v) is 10.1. The van der Waals surface area contributed by atoms with Crippen LogP contribution in [0.2, 0.25) is 0 Å². The van der Waals surface area contributed by atoms with Crippen LogP contribution in [-0.2, 0) is 4.79 Å². The maximum Gasteiger partial charge on any atom is 0.255 e. The molecular formula is C22H31N5O. The Kier molecular flexibility index (Phi) is 12.8. The predicted molar refractivity (Wildman–Crippen MR) is 107 cm³/mol. The topological polar surface area (TPSA) is 138 Å². The summed E-state index contributed by atoms with van der Waals surface area (Å²) in [5.41, 5.74) is 0.682. The van der Waals surface area contributed by atoms with E-state index in [4.69, 9.17) is 5.73 Å². The van der Waals surface area contributed by atoms with E-state index in [1.54, 1.807) is 12.1 Å². The van der Waals surface area contributed by atoms with Crippen LogP contribution < -0.4 is 5.73 Å². The highest BCUT2D eigenvalue weighted by Gasteiger charge is 2.58. The maximum absolute atomic E-state index is 11.6. The van der Waals surface area contributed by atoms with Gasteiger partial charge in [0.2, 0.25) is 0 Å². The number of nitriles is 4. The quantitative estimate of drug-likeness (QED) is 0.321. The fraction of sp³-hybridized carbons (Fsp3) is 0.682.